The first-order valence-corrected chi connectivity index (χ1v) is 8.10. The molecule has 5 heteroatoms. The molecular formula is C19H21FN2O2. The number of rotatable bonds is 4. The van der Waals surface area contributed by atoms with E-state index in [4.69, 9.17) is 0 Å². The molecule has 2 amide bonds. The third-order valence-electron chi connectivity index (χ3n) is 4.50. The van der Waals surface area contributed by atoms with Crippen molar-refractivity contribution in [3.05, 3.63) is 71.0 Å². The van der Waals surface area contributed by atoms with Crippen LogP contribution in [0.3, 0.4) is 0 Å². The van der Waals surface area contributed by atoms with Gasteiger partial charge in [0.25, 0.3) is 0 Å². The first kappa shape index (κ1) is 16.5. The van der Waals surface area contributed by atoms with Crippen molar-refractivity contribution in [2.75, 3.05) is 6.54 Å². The quantitative estimate of drug-likeness (QED) is 0.808. The molecule has 0 heterocycles. The summed E-state index contributed by atoms with van der Waals surface area (Å²) in [5, 5.41) is 15.7. The number of amides is 2. The molecule has 0 aromatic heterocycles. The van der Waals surface area contributed by atoms with E-state index >= 15 is 0 Å². The smallest absolute Gasteiger partial charge is 0.315 e. The highest BCUT2D eigenvalue weighted by Crippen LogP contribution is 2.35. The molecule has 126 valence electrons. The number of aliphatic hydroxyl groups excluding tert-OH is 1. The maximum Gasteiger partial charge on any atom is 0.315 e. The number of hydrogen-bond acceptors (Lipinski definition) is 2. The van der Waals surface area contributed by atoms with Crippen LogP contribution in [0.5, 0.6) is 0 Å². The second kappa shape index (κ2) is 7.01. The van der Waals surface area contributed by atoms with Crippen LogP contribution in [0.15, 0.2) is 48.5 Å². The van der Waals surface area contributed by atoms with Gasteiger partial charge in [-0.15, -0.1) is 0 Å². The van der Waals surface area contributed by atoms with Gasteiger partial charge >= 0.3 is 6.03 Å². The molecule has 24 heavy (non-hydrogen) atoms. The molecule has 0 fully saturated rings. The molecule has 2 aromatic carbocycles. The van der Waals surface area contributed by atoms with E-state index in [-0.39, 0.29) is 24.4 Å². The molecule has 0 bridgehead atoms. The van der Waals surface area contributed by atoms with Crippen LogP contribution in [0.25, 0.3) is 0 Å². The van der Waals surface area contributed by atoms with Gasteiger partial charge in [0, 0.05) is 6.54 Å². The molecule has 3 N–H and O–H groups in total. The van der Waals surface area contributed by atoms with E-state index < -0.39 is 6.10 Å². The van der Waals surface area contributed by atoms with E-state index in [2.05, 4.69) is 23.6 Å². The number of hydrogen-bond donors (Lipinski definition) is 3. The molecule has 0 saturated heterocycles. The van der Waals surface area contributed by atoms with Crippen LogP contribution >= 0.6 is 0 Å². The fourth-order valence-electron chi connectivity index (χ4n) is 3.20. The highest BCUT2D eigenvalue weighted by atomic mass is 19.1. The summed E-state index contributed by atoms with van der Waals surface area (Å²) < 4.78 is 12.9. The van der Waals surface area contributed by atoms with E-state index in [0.29, 0.717) is 11.5 Å². The molecular weight excluding hydrogens is 307 g/mol. The Labute approximate surface area is 140 Å². The summed E-state index contributed by atoms with van der Waals surface area (Å²) in [5.74, 6) is -0.0271. The van der Waals surface area contributed by atoms with Gasteiger partial charge in [-0.05, 0) is 41.2 Å². The molecule has 0 aliphatic heterocycles. The van der Waals surface area contributed by atoms with E-state index in [9.17, 15) is 14.3 Å². The maximum atomic E-state index is 12.9. The van der Waals surface area contributed by atoms with Crippen LogP contribution in [0.1, 0.15) is 35.8 Å². The zero-order valence-electron chi connectivity index (χ0n) is 13.5. The summed E-state index contributed by atoms with van der Waals surface area (Å²) in [6.07, 6.45) is 0.0731. The molecule has 3 rings (SSSR count). The Bertz CT molecular complexity index is 718. The van der Waals surface area contributed by atoms with Crippen LogP contribution in [-0.2, 0) is 6.42 Å². The van der Waals surface area contributed by atoms with Gasteiger partial charge in [-0.1, -0.05) is 43.3 Å². The Morgan fingerprint density at radius 3 is 2.71 bits per heavy atom. The monoisotopic (exact) mass is 328 g/mol. The topological polar surface area (TPSA) is 61.4 Å². The van der Waals surface area contributed by atoms with Gasteiger partial charge in [0.15, 0.2) is 0 Å². The van der Waals surface area contributed by atoms with Gasteiger partial charge in [-0.3, -0.25) is 0 Å². The molecule has 1 aliphatic rings. The molecule has 2 aromatic rings. The van der Waals surface area contributed by atoms with Crippen LogP contribution in [0.2, 0.25) is 0 Å². The van der Waals surface area contributed by atoms with Crippen molar-refractivity contribution in [1.82, 2.24) is 10.6 Å². The summed E-state index contributed by atoms with van der Waals surface area (Å²) in [7, 11) is 0. The van der Waals surface area contributed by atoms with Crippen molar-refractivity contribution in [2.24, 2.45) is 5.92 Å². The number of urea groups is 1. The number of fused-ring (bicyclic) bond motifs is 1. The van der Waals surface area contributed by atoms with Crippen LogP contribution < -0.4 is 10.6 Å². The summed E-state index contributed by atoms with van der Waals surface area (Å²) >= 11 is 0. The highest BCUT2D eigenvalue weighted by Gasteiger charge is 2.30. The zero-order chi connectivity index (χ0) is 17.1. The SMILES string of the molecule is CC1Cc2ccccc2C1NC(=O)NCC(O)c1ccc(F)cc1. The lowest BCUT2D eigenvalue weighted by atomic mass is 10.0. The van der Waals surface area contributed by atoms with Gasteiger partial charge in [0.2, 0.25) is 0 Å². The molecule has 3 unspecified atom stereocenters. The van der Waals surface area contributed by atoms with Gasteiger partial charge in [-0.25, -0.2) is 9.18 Å². The zero-order valence-corrected chi connectivity index (χ0v) is 13.5. The molecule has 0 spiro atoms. The van der Waals surface area contributed by atoms with E-state index in [1.54, 1.807) is 0 Å². The third kappa shape index (κ3) is 3.57. The predicted octanol–water partition coefficient (Wildman–Crippen LogP) is 3.09. The molecule has 0 saturated carbocycles. The lowest BCUT2D eigenvalue weighted by Gasteiger charge is -2.20. The highest BCUT2D eigenvalue weighted by molar-refractivity contribution is 5.74. The number of carbonyl (C=O) groups excluding carboxylic acids is 1. The summed E-state index contributed by atoms with van der Waals surface area (Å²) in [6, 6.07) is 13.4. The lowest BCUT2D eigenvalue weighted by molar-refractivity contribution is 0.172. The third-order valence-corrected chi connectivity index (χ3v) is 4.50. The minimum absolute atomic E-state index is 0.0239. The van der Waals surface area contributed by atoms with Gasteiger partial charge in [-0.2, -0.15) is 0 Å². The van der Waals surface area contributed by atoms with Crippen LogP contribution in [-0.4, -0.2) is 17.7 Å². The molecule has 3 atom stereocenters. The summed E-state index contributed by atoms with van der Waals surface area (Å²) in [6.45, 7) is 2.18. The first-order chi connectivity index (χ1) is 11.5. The Hall–Kier alpha value is -2.40. The number of nitrogens with one attached hydrogen (secondary N) is 2. The number of carbonyl (C=O) groups is 1. The average molecular weight is 328 g/mol. The van der Waals surface area contributed by atoms with Crippen LogP contribution in [0, 0.1) is 11.7 Å². The fraction of sp³-hybridized carbons (Fsp3) is 0.316. The Morgan fingerprint density at radius 1 is 1.25 bits per heavy atom. The Morgan fingerprint density at radius 2 is 1.96 bits per heavy atom. The number of halogens is 1. The van der Waals surface area contributed by atoms with Gasteiger partial charge in [0.1, 0.15) is 5.82 Å². The van der Waals surface area contributed by atoms with Gasteiger partial charge in [0.05, 0.1) is 12.1 Å². The minimum atomic E-state index is -0.871. The minimum Gasteiger partial charge on any atom is -0.387 e. The summed E-state index contributed by atoms with van der Waals surface area (Å²) in [5.41, 5.74) is 2.98. The van der Waals surface area contributed by atoms with Crippen molar-refractivity contribution >= 4 is 6.03 Å². The van der Waals surface area contributed by atoms with Crippen LogP contribution in [0.4, 0.5) is 9.18 Å². The van der Waals surface area contributed by atoms with Gasteiger partial charge < -0.3 is 15.7 Å². The second-order valence-electron chi connectivity index (χ2n) is 6.28. The van der Waals surface area contributed by atoms with Crippen molar-refractivity contribution in [3.8, 4) is 0 Å². The van der Waals surface area contributed by atoms with E-state index in [1.165, 1.54) is 29.8 Å². The average Bonchev–Trinajstić information content (AvgIpc) is 2.89. The van der Waals surface area contributed by atoms with Crippen molar-refractivity contribution in [1.29, 1.82) is 0 Å². The maximum absolute atomic E-state index is 12.9. The lowest BCUT2D eigenvalue weighted by Crippen LogP contribution is -2.40. The predicted molar refractivity (Wildman–Crippen MR) is 89.9 cm³/mol. The van der Waals surface area contributed by atoms with E-state index in [1.807, 2.05) is 18.2 Å². The second-order valence-corrected chi connectivity index (χ2v) is 6.28. The number of aliphatic hydroxyl groups is 1. The van der Waals surface area contributed by atoms with Crippen molar-refractivity contribution in [2.45, 2.75) is 25.5 Å². The van der Waals surface area contributed by atoms with Crippen molar-refractivity contribution < 1.29 is 14.3 Å². The normalized spacial score (nSPS) is 20.3. The fourth-order valence-corrected chi connectivity index (χ4v) is 3.20. The Kier molecular flexibility index (Phi) is 4.81. The standard InChI is InChI=1S/C19H21FN2O2/c1-12-10-14-4-2-3-5-16(14)18(12)22-19(24)21-11-17(23)13-6-8-15(20)9-7-13/h2-9,12,17-18,23H,10-11H2,1H3,(H2,21,22,24). The largest absolute Gasteiger partial charge is 0.387 e. The molecule has 1 aliphatic carbocycles. The first-order valence-electron chi connectivity index (χ1n) is 8.10. The van der Waals surface area contributed by atoms with E-state index in [0.717, 1.165) is 12.0 Å². The Balaban J connectivity index is 1.55. The number of benzene rings is 2. The molecule has 4 nitrogen and oxygen atoms in total. The molecule has 0 radical (unpaired) electrons. The summed E-state index contributed by atoms with van der Waals surface area (Å²) in [4.78, 5) is 12.2. The van der Waals surface area contributed by atoms with Crippen molar-refractivity contribution in [3.63, 3.8) is 0 Å².